The lowest BCUT2D eigenvalue weighted by Gasteiger charge is -2.22. The minimum atomic E-state index is -0.990. The highest BCUT2D eigenvalue weighted by molar-refractivity contribution is 5.96. The standard InChI is InChI=1S/C10H16N2O3/c1-3-8(10(14)15)12-9(13)6(2)7-4-11-5-7/h8,11H,3-5H2,1-2H3,(H,12,13)(H,14,15)/t8-/m1/s1. The van der Waals surface area contributed by atoms with Crippen molar-refractivity contribution in [1.29, 1.82) is 0 Å². The maximum Gasteiger partial charge on any atom is 0.326 e. The van der Waals surface area contributed by atoms with E-state index >= 15 is 0 Å². The third kappa shape index (κ3) is 2.79. The summed E-state index contributed by atoms with van der Waals surface area (Å²) < 4.78 is 0. The number of carbonyl (C=O) groups excluding carboxylic acids is 1. The van der Waals surface area contributed by atoms with Gasteiger partial charge in [-0.25, -0.2) is 4.79 Å². The Balaban J connectivity index is 2.58. The van der Waals surface area contributed by atoms with Crippen LogP contribution in [0.1, 0.15) is 20.3 Å². The second-order valence-corrected chi connectivity index (χ2v) is 3.60. The number of carboxylic acid groups (broad SMARTS) is 1. The van der Waals surface area contributed by atoms with Crippen LogP contribution < -0.4 is 10.6 Å². The maximum atomic E-state index is 11.6. The minimum absolute atomic E-state index is 0.277. The highest BCUT2D eigenvalue weighted by Crippen LogP contribution is 2.09. The van der Waals surface area contributed by atoms with Crippen LogP contribution in [0.2, 0.25) is 0 Å². The zero-order chi connectivity index (χ0) is 11.4. The van der Waals surface area contributed by atoms with E-state index in [1.165, 1.54) is 0 Å². The van der Waals surface area contributed by atoms with Gasteiger partial charge >= 0.3 is 5.97 Å². The van der Waals surface area contributed by atoms with E-state index in [0.29, 0.717) is 12.0 Å². The number of carboxylic acids is 1. The van der Waals surface area contributed by atoms with Gasteiger partial charge in [0.05, 0.1) is 0 Å². The lowest BCUT2D eigenvalue weighted by molar-refractivity contribution is -0.141. The molecule has 1 heterocycles. The van der Waals surface area contributed by atoms with Crippen molar-refractivity contribution in [3.8, 4) is 0 Å². The summed E-state index contributed by atoms with van der Waals surface area (Å²) >= 11 is 0. The third-order valence-corrected chi connectivity index (χ3v) is 2.56. The molecule has 0 aliphatic carbocycles. The molecule has 1 rings (SSSR count). The lowest BCUT2D eigenvalue weighted by atomic mass is 10.0. The second kappa shape index (κ2) is 4.93. The third-order valence-electron chi connectivity index (χ3n) is 2.56. The fraction of sp³-hybridized carbons (Fsp3) is 0.600. The van der Waals surface area contributed by atoms with Crippen LogP contribution in [0.15, 0.2) is 11.1 Å². The van der Waals surface area contributed by atoms with E-state index in [1.807, 2.05) is 0 Å². The number of hydrogen-bond acceptors (Lipinski definition) is 3. The van der Waals surface area contributed by atoms with E-state index in [1.54, 1.807) is 13.8 Å². The van der Waals surface area contributed by atoms with Gasteiger partial charge in [-0.2, -0.15) is 0 Å². The van der Waals surface area contributed by atoms with Gasteiger partial charge in [0.25, 0.3) is 0 Å². The number of hydrogen-bond donors (Lipinski definition) is 3. The average molecular weight is 212 g/mol. The molecule has 5 nitrogen and oxygen atoms in total. The Kier molecular flexibility index (Phi) is 3.85. The number of carbonyl (C=O) groups is 2. The quantitative estimate of drug-likeness (QED) is 0.568. The Hall–Kier alpha value is -1.36. The van der Waals surface area contributed by atoms with Crippen LogP contribution >= 0.6 is 0 Å². The van der Waals surface area contributed by atoms with Crippen LogP contribution in [0.25, 0.3) is 0 Å². The van der Waals surface area contributed by atoms with Gasteiger partial charge in [0, 0.05) is 18.7 Å². The summed E-state index contributed by atoms with van der Waals surface area (Å²) in [6, 6.07) is -0.791. The molecule has 0 bridgehead atoms. The molecule has 84 valence electrons. The van der Waals surface area contributed by atoms with Crippen LogP contribution in [0.3, 0.4) is 0 Å². The summed E-state index contributed by atoms with van der Waals surface area (Å²) in [7, 11) is 0. The number of nitrogens with one attached hydrogen (secondary N) is 2. The Morgan fingerprint density at radius 1 is 1.53 bits per heavy atom. The molecule has 1 amide bonds. The summed E-state index contributed by atoms with van der Waals surface area (Å²) in [5, 5.41) is 14.3. The Bertz CT molecular complexity index is 304. The topological polar surface area (TPSA) is 78.4 Å². The normalized spacial score (nSPS) is 16.5. The summed E-state index contributed by atoms with van der Waals surface area (Å²) in [5.41, 5.74) is 1.68. The zero-order valence-electron chi connectivity index (χ0n) is 8.96. The van der Waals surface area contributed by atoms with Crippen molar-refractivity contribution < 1.29 is 14.7 Å². The van der Waals surface area contributed by atoms with Crippen molar-refractivity contribution in [2.75, 3.05) is 13.1 Å². The predicted molar refractivity (Wildman–Crippen MR) is 55.4 cm³/mol. The Morgan fingerprint density at radius 3 is 2.47 bits per heavy atom. The molecule has 1 aliphatic heterocycles. The summed E-state index contributed by atoms with van der Waals surface area (Å²) in [6.07, 6.45) is 0.391. The van der Waals surface area contributed by atoms with Crippen molar-refractivity contribution in [3.05, 3.63) is 11.1 Å². The van der Waals surface area contributed by atoms with Crippen molar-refractivity contribution >= 4 is 11.9 Å². The zero-order valence-corrected chi connectivity index (χ0v) is 8.96. The van der Waals surface area contributed by atoms with E-state index in [-0.39, 0.29) is 5.91 Å². The fourth-order valence-electron chi connectivity index (χ4n) is 1.28. The largest absolute Gasteiger partial charge is 0.480 e. The van der Waals surface area contributed by atoms with Gasteiger partial charge in [-0.15, -0.1) is 0 Å². The number of amides is 1. The molecule has 0 saturated carbocycles. The Morgan fingerprint density at radius 2 is 2.13 bits per heavy atom. The molecule has 0 unspecified atom stereocenters. The lowest BCUT2D eigenvalue weighted by Crippen LogP contribution is -2.43. The fourth-order valence-corrected chi connectivity index (χ4v) is 1.28. The number of rotatable bonds is 4. The van der Waals surface area contributed by atoms with Crippen molar-refractivity contribution in [3.63, 3.8) is 0 Å². The molecular weight excluding hydrogens is 196 g/mol. The molecule has 0 radical (unpaired) electrons. The summed E-state index contributed by atoms with van der Waals surface area (Å²) in [6.45, 7) is 4.90. The van der Waals surface area contributed by atoms with Gasteiger partial charge in [0.1, 0.15) is 6.04 Å². The molecule has 0 aromatic carbocycles. The molecular formula is C10H16N2O3. The molecule has 0 spiro atoms. The van der Waals surface area contributed by atoms with E-state index in [9.17, 15) is 9.59 Å². The van der Waals surface area contributed by atoms with Gasteiger partial charge in [-0.05, 0) is 18.9 Å². The minimum Gasteiger partial charge on any atom is -0.480 e. The first-order valence-electron chi connectivity index (χ1n) is 4.99. The molecule has 1 atom stereocenters. The summed E-state index contributed by atoms with van der Waals surface area (Å²) in [5.74, 6) is -1.27. The van der Waals surface area contributed by atoms with Crippen molar-refractivity contribution in [2.24, 2.45) is 0 Å². The van der Waals surface area contributed by atoms with E-state index in [2.05, 4.69) is 10.6 Å². The highest BCUT2D eigenvalue weighted by atomic mass is 16.4. The van der Waals surface area contributed by atoms with Gasteiger partial charge < -0.3 is 15.7 Å². The molecule has 0 aromatic rings. The first-order valence-corrected chi connectivity index (χ1v) is 4.99. The van der Waals surface area contributed by atoms with E-state index < -0.39 is 12.0 Å². The molecule has 15 heavy (non-hydrogen) atoms. The SMILES string of the molecule is CC[C@@H](NC(=O)C(C)=C1CNC1)C(=O)O. The van der Waals surface area contributed by atoms with Crippen LogP contribution in [-0.2, 0) is 9.59 Å². The van der Waals surface area contributed by atoms with Crippen LogP contribution in [-0.4, -0.2) is 36.1 Å². The van der Waals surface area contributed by atoms with Gasteiger partial charge in [-0.1, -0.05) is 6.92 Å². The molecule has 1 saturated heterocycles. The highest BCUT2D eigenvalue weighted by Gasteiger charge is 2.21. The van der Waals surface area contributed by atoms with Crippen LogP contribution in [0.4, 0.5) is 0 Å². The molecule has 1 aliphatic rings. The summed E-state index contributed by atoms with van der Waals surface area (Å²) in [4.78, 5) is 22.3. The average Bonchev–Trinajstić information content (AvgIpc) is 2.10. The Labute approximate surface area is 88.5 Å². The predicted octanol–water partition coefficient (Wildman–Crippen LogP) is -0.114. The van der Waals surface area contributed by atoms with E-state index in [4.69, 9.17) is 5.11 Å². The number of aliphatic carboxylic acids is 1. The van der Waals surface area contributed by atoms with Crippen LogP contribution in [0.5, 0.6) is 0 Å². The van der Waals surface area contributed by atoms with Gasteiger partial charge in [-0.3, -0.25) is 4.79 Å². The van der Waals surface area contributed by atoms with E-state index in [0.717, 1.165) is 18.7 Å². The second-order valence-electron chi connectivity index (χ2n) is 3.60. The molecule has 5 heteroatoms. The molecule has 0 aromatic heterocycles. The van der Waals surface area contributed by atoms with Crippen molar-refractivity contribution in [2.45, 2.75) is 26.3 Å². The van der Waals surface area contributed by atoms with Crippen molar-refractivity contribution in [1.82, 2.24) is 10.6 Å². The molecule has 3 N–H and O–H groups in total. The van der Waals surface area contributed by atoms with Gasteiger partial charge in [0.15, 0.2) is 0 Å². The monoisotopic (exact) mass is 212 g/mol. The molecule has 1 fully saturated rings. The maximum absolute atomic E-state index is 11.6. The van der Waals surface area contributed by atoms with Gasteiger partial charge in [0.2, 0.25) is 5.91 Å². The first kappa shape index (κ1) is 11.7. The first-order chi connectivity index (χ1) is 7.06. The smallest absolute Gasteiger partial charge is 0.326 e. The van der Waals surface area contributed by atoms with Crippen LogP contribution in [0, 0.1) is 0 Å².